The van der Waals surface area contributed by atoms with Crippen molar-refractivity contribution in [3.8, 4) is 5.75 Å². The molecular weight excluding hydrogens is 356 g/mol. The van der Waals surface area contributed by atoms with Crippen molar-refractivity contribution < 1.29 is 14.3 Å². The molecule has 3 heterocycles. The number of hydrogen-bond donors (Lipinski definition) is 2. The van der Waals surface area contributed by atoms with Crippen LogP contribution in [-0.2, 0) is 11.3 Å². The zero-order valence-corrected chi connectivity index (χ0v) is 16.3. The summed E-state index contributed by atoms with van der Waals surface area (Å²) in [6, 6.07) is 10.2. The lowest BCUT2D eigenvalue weighted by atomic mass is 10.0. The molecule has 0 spiro atoms. The van der Waals surface area contributed by atoms with Gasteiger partial charge in [0.2, 0.25) is 0 Å². The van der Waals surface area contributed by atoms with Crippen molar-refractivity contribution in [1.82, 2.24) is 20.4 Å². The molecule has 2 aromatic rings. The van der Waals surface area contributed by atoms with Gasteiger partial charge in [0.1, 0.15) is 11.4 Å². The summed E-state index contributed by atoms with van der Waals surface area (Å²) in [4.78, 5) is 15.1. The monoisotopic (exact) mass is 384 g/mol. The number of likely N-dealkylation sites (tertiary alicyclic amines) is 1. The molecule has 7 heteroatoms. The number of benzene rings is 1. The van der Waals surface area contributed by atoms with Crippen molar-refractivity contribution in [3.05, 3.63) is 47.3 Å². The number of H-pyrrole nitrogens is 1. The molecule has 4 rings (SSSR count). The fourth-order valence-electron chi connectivity index (χ4n) is 4.20. The van der Waals surface area contributed by atoms with Crippen LogP contribution in [-0.4, -0.2) is 60.5 Å². The first kappa shape index (κ1) is 19.0. The second kappa shape index (κ2) is 8.75. The highest BCUT2D eigenvalue weighted by Gasteiger charge is 2.31. The van der Waals surface area contributed by atoms with Crippen LogP contribution >= 0.6 is 0 Å². The minimum Gasteiger partial charge on any atom is -0.496 e. The number of hydrogen-bond acceptors (Lipinski definition) is 5. The molecule has 1 aromatic heterocycles. The van der Waals surface area contributed by atoms with Crippen molar-refractivity contribution in [1.29, 1.82) is 0 Å². The Labute approximate surface area is 165 Å². The van der Waals surface area contributed by atoms with Crippen molar-refractivity contribution >= 4 is 5.91 Å². The largest absolute Gasteiger partial charge is 0.496 e. The lowest BCUT2D eigenvalue weighted by Gasteiger charge is -2.30. The van der Waals surface area contributed by atoms with E-state index in [-0.39, 0.29) is 5.91 Å². The summed E-state index contributed by atoms with van der Waals surface area (Å²) in [5.74, 6) is 1.00. The molecule has 0 radical (unpaired) electrons. The fourth-order valence-corrected chi connectivity index (χ4v) is 4.20. The SMILES string of the molecule is COc1ccccc1CNC(=O)c1cc(C2CCN(C3CCOCC3)C2)[nH]n1. The van der Waals surface area contributed by atoms with Crippen LogP contribution < -0.4 is 10.1 Å². The maximum absolute atomic E-state index is 12.5. The van der Waals surface area contributed by atoms with Gasteiger partial charge in [-0.25, -0.2) is 0 Å². The van der Waals surface area contributed by atoms with Gasteiger partial charge in [0.15, 0.2) is 0 Å². The van der Waals surface area contributed by atoms with Gasteiger partial charge < -0.3 is 14.8 Å². The predicted molar refractivity (Wildman–Crippen MR) is 106 cm³/mol. The van der Waals surface area contributed by atoms with Gasteiger partial charge in [-0.1, -0.05) is 18.2 Å². The molecule has 2 saturated heterocycles. The van der Waals surface area contributed by atoms with Crippen LogP contribution in [0.4, 0.5) is 0 Å². The number of nitrogens with zero attached hydrogens (tertiary/aromatic N) is 2. The van der Waals surface area contributed by atoms with Crippen LogP contribution in [0.2, 0.25) is 0 Å². The molecular formula is C21H28N4O3. The van der Waals surface area contributed by atoms with E-state index >= 15 is 0 Å². The van der Waals surface area contributed by atoms with Crippen LogP contribution in [0.25, 0.3) is 0 Å². The van der Waals surface area contributed by atoms with Crippen LogP contribution in [0.3, 0.4) is 0 Å². The molecule has 7 nitrogen and oxygen atoms in total. The quantitative estimate of drug-likeness (QED) is 0.799. The van der Waals surface area contributed by atoms with Gasteiger partial charge in [0.05, 0.1) is 7.11 Å². The molecule has 1 unspecified atom stereocenters. The number of ether oxygens (including phenoxy) is 2. The molecule has 0 bridgehead atoms. The van der Waals surface area contributed by atoms with Crippen molar-refractivity contribution in [2.75, 3.05) is 33.4 Å². The summed E-state index contributed by atoms with van der Waals surface area (Å²) in [6.45, 7) is 4.27. The second-order valence-corrected chi connectivity index (χ2v) is 7.53. The number of nitrogens with one attached hydrogen (secondary N) is 2. The summed E-state index contributed by atoms with van der Waals surface area (Å²) in [7, 11) is 1.63. The minimum atomic E-state index is -0.173. The van der Waals surface area contributed by atoms with Crippen LogP contribution in [0.15, 0.2) is 30.3 Å². The highest BCUT2D eigenvalue weighted by atomic mass is 16.5. The van der Waals surface area contributed by atoms with Gasteiger partial charge in [-0.05, 0) is 37.9 Å². The van der Waals surface area contributed by atoms with Crippen molar-refractivity contribution in [2.45, 2.75) is 37.8 Å². The normalized spacial score (nSPS) is 21.0. The maximum atomic E-state index is 12.5. The Balaban J connectivity index is 1.33. The van der Waals surface area contributed by atoms with Gasteiger partial charge in [0.25, 0.3) is 5.91 Å². The van der Waals surface area contributed by atoms with E-state index in [1.807, 2.05) is 30.3 Å². The van der Waals surface area contributed by atoms with Gasteiger partial charge in [-0.15, -0.1) is 0 Å². The molecule has 2 N–H and O–H groups in total. The first-order chi connectivity index (χ1) is 13.7. The van der Waals surface area contributed by atoms with E-state index in [0.29, 0.717) is 24.2 Å². The van der Waals surface area contributed by atoms with Gasteiger partial charge >= 0.3 is 0 Å². The third-order valence-electron chi connectivity index (χ3n) is 5.83. The number of para-hydroxylation sites is 1. The number of aromatic nitrogens is 2. The molecule has 1 aromatic carbocycles. The Morgan fingerprint density at radius 1 is 1.32 bits per heavy atom. The molecule has 1 atom stereocenters. The molecule has 2 aliphatic heterocycles. The number of carbonyl (C=O) groups excluding carboxylic acids is 1. The molecule has 1 amide bonds. The van der Waals surface area contributed by atoms with Crippen molar-refractivity contribution in [2.24, 2.45) is 0 Å². The molecule has 0 aliphatic carbocycles. The maximum Gasteiger partial charge on any atom is 0.272 e. The highest BCUT2D eigenvalue weighted by molar-refractivity contribution is 5.92. The summed E-state index contributed by atoms with van der Waals surface area (Å²) < 4.78 is 10.8. The molecule has 150 valence electrons. The first-order valence-corrected chi connectivity index (χ1v) is 10.0. The molecule has 2 aliphatic rings. The van der Waals surface area contributed by atoms with Crippen LogP contribution in [0, 0.1) is 0 Å². The van der Waals surface area contributed by atoms with Crippen molar-refractivity contribution in [3.63, 3.8) is 0 Å². The van der Waals surface area contributed by atoms with E-state index in [4.69, 9.17) is 9.47 Å². The van der Waals surface area contributed by atoms with E-state index in [1.54, 1.807) is 7.11 Å². The predicted octanol–water partition coefficient (Wildman–Crippen LogP) is 2.32. The number of carbonyl (C=O) groups is 1. The second-order valence-electron chi connectivity index (χ2n) is 7.53. The summed E-state index contributed by atoms with van der Waals surface area (Å²) in [5.41, 5.74) is 2.43. The smallest absolute Gasteiger partial charge is 0.272 e. The molecule has 28 heavy (non-hydrogen) atoms. The van der Waals surface area contributed by atoms with Gasteiger partial charge in [-0.2, -0.15) is 5.10 Å². The lowest BCUT2D eigenvalue weighted by Crippen LogP contribution is -2.37. The topological polar surface area (TPSA) is 79.5 Å². The van der Waals surface area contributed by atoms with Crippen LogP contribution in [0.5, 0.6) is 5.75 Å². The fraction of sp³-hybridized carbons (Fsp3) is 0.524. The number of methoxy groups -OCH3 is 1. The summed E-state index contributed by atoms with van der Waals surface area (Å²) >= 11 is 0. The molecule has 2 fully saturated rings. The average Bonchev–Trinajstić information content (AvgIpc) is 3.42. The minimum absolute atomic E-state index is 0.173. The Kier molecular flexibility index (Phi) is 5.92. The summed E-state index contributed by atoms with van der Waals surface area (Å²) in [6.07, 6.45) is 3.33. The Bertz CT molecular complexity index is 800. The Morgan fingerprint density at radius 3 is 2.96 bits per heavy atom. The number of rotatable bonds is 6. The summed E-state index contributed by atoms with van der Waals surface area (Å²) in [5, 5.41) is 10.3. The van der Waals surface area contributed by atoms with Gasteiger partial charge in [-0.3, -0.25) is 14.8 Å². The third kappa shape index (κ3) is 4.20. The van der Waals surface area contributed by atoms with E-state index in [1.165, 1.54) is 0 Å². The zero-order valence-electron chi connectivity index (χ0n) is 16.3. The van der Waals surface area contributed by atoms with E-state index in [9.17, 15) is 4.79 Å². The van der Waals surface area contributed by atoms with Crippen LogP contribution in [0.1, 0.15) is 46.9 Å². The van der Waals surface area contributed by atoms with E-state index < -0.39 is 0 Å². The highest BCUT2D eigenvalue weighted by Crippen LogP contribution is 2.30. The number of amides is 1. The zero-order chi connectivity index (χ0) is 19.3. The van der Waals surface area contributed by atoms with E-state index in [2.05, 4.69) is 20.4 Å². The average molecular weight is 384 g/mol. The third-order valence-corrected chi connectivity index (χ3v) is 5.83. The van der Waals surface area contributed by atoms with E-state index in [0.717, 1.165) is 62.6 Å². The standard InChI is InChI=1S/C21H28N4O3/c1-27-20-5-3-2-4-15(20)13-22-21(26)19-12-18(23-24-19)16-6-9-25(14-16)17-7-10-28-11-8-17/h2-5,12,16-17H,6-11,13-14H2,1H3,(H,22,26)(H,23,24). The Hall–Kier alpha value is -2.38. The molecule has 0 saturated carbocycles. The lowest BCUT2D eigenvalue weighted by molar-refractivity contribution is 0.0419. The van der Waals surface area contributed by atoms with Gasteiger partial charge in [0, 0.05) is 49.5 Å². The number of aromatic amines is 1. The first-order valence-electron chi connectivity index (χ1n) is 10.0. The Morgan fingerprint density at radius 2 is 2.14 bits per heavy atom.